The molecule has 1 aromatic rings. The van der Waals surface area contributed by atoms with E-state index in [2.05, 4.69) is 0 Å². The molecule has 0 aliphatic carbocycles. The van der Waals surface area contributed by atoms with Crippen LogP contribution in [0.5, 0.6) is 11.5 Å². The van der Waals surface area contributed by atoms with Crippen molar-refractivity contribution in [1.82, 2.24) is 0 Å². The molecule has 0 fully saturated rings. The number of benzene rings is 1. The lowest BCUT2D eigenvalue weighted by atomic mass is 10.1. The summed E-state index contributed by atoms with van der Waals surface area (Å²) in [5.41, 5.74) is 6.49. The molecular formula is C12H18ClNO2. The maximum atomic E-state index is 6.07. The summed E-state index contributed by atoms with van der Waals surface area (Å²) in [4.78, 5) is 0. The van der Waals surface area contributed by atoms with Gasteiger partial charge in [-0.15, -0.1) is 0 Å². The molecule has 2 N–H and O–H groups in total. The van der Waals surface area contributed by atoms with Crippen LogP contribution < -0.4 is 15.2 Å². The Morgan fingerprint density at radius 2 is 1.94 bits per heavy atom. The smallest absolute Gasteiger partial charge is 0.144 e. The van der Waals surface area contributed by atoms with Gasteiger partial charge in [-0.05, 0) is 37.9 Å². The van der Waals surface area contributed by atoms with Crippen LogP contribution in [0.1, 0.15) is 18.4 Å². The van der Waals surface area contributed by atoms with Crippen LogP contribution in [-0.4, -0.2) is 20.8 Å². The third-order valence-corrected chi connectivity index (χ3v) is 2.77. The minimum absolute atomic E-state index is 0.617. The van der Waals surface area contributed by atoms with Crippen LogP contribution in [0.2, 0.25) is 5.02 Å². The molecule has 90 valence electrons. The zero-order chi connectivity index (χ0) is 12.0. The van der Waals surface area contributed by atoms with E-state index in [1.807, 2.05) is 6.07 Å². The highest BCUT2D eigenvalue weighted by molar-refractivity contribution is 6.32. The first-order chi connectivity index (χ1) is 7.74. The quantitative estimate of drug-likeness (QED) is 0.782. The maximum absolute atomic E-state index is 6.07. The van der Waals surface area contributed by atoms with Crippen LogP contribution in [0.3, 0.4) is 0 Å². The minimum Gasteiger partial charge on any atom is -0.496 e. The Kier molecular flexibility index (Phi) is 5.43. The Bertz CT molecular complexity index is 342. The van der Waals surface area contributed by atoms with Crippen LogP contribution in [0.15, 0.2) is 12.1 Å². The molecule has 0 bridgehead atoms. The van der Waals surface area contributed by atoms with E-state index in [1.54, 1.807) is 20.3 Å². The monoisotopic (exact) mass is 243 g/mol. The van der Waals surface area contributed by atoms with Crippen LogP contribution in [0.25, 0.3) is 0 Å². The number of unbranched alkanes of at least 4 members (excludes halogenated alkanes) is 1. The fourth-order valence-corrected chi connectivity index (χ4v) is 1.93. The standard InChI is InChI=1S/C12H18ClNO2/c1-15-11-7-6-10(13)12(16-2)9(11)5-3-4-8-14/h6-7H,3-5,8,14H2,1-2H3. The van der Waals surface area contributed by atoms with Crippen molar-refractivity contribution in [3.8, 4) is 11.5 Å². The Balaban J connectivity index is 2.95. The zero-order valence-electron chi connectivity index (χ0n) is 9.75. The number of rotatable bonds is 6. The first-order valence-corrected chi connectivity index (χ1v) is 5.71. The molecule has 0 aliphatic rings. The van der Waals surface area contributed by atoms with E-state index in [0.29, 0.717) is 17.3 Å². The molecule has 0 unspecified atom stereocenters. The molecule has 0 heterocycles. The number of nitrogens with two attached hydrogens (primary N) is 1. The van der Waals surface area contributed by atoms with E-state index in [0.717, 1.165) is 30.6 Å². The van der Waals surface area contributed by atoms with E-state index in [1.165, 1.54) is 0 Å². The summed E-state index contributed by atoms with van der Waals surface area (Å²) in [6.45, 7) is 0.700. The maximum Gasteiger partial charge on any atom is 0.144 e. The average molecular weight is 244 g/mol. The van der Waals surface area contributed by atoms with E-state index in [4.69, 9.17) is 26.8 Å². The molecule has 0 atom stereocenters. The molecule has 0 aliphatic heterocycles. The van der Waals surface area contributed by atoms with Crippen LogP contribution in [0.4, 0.5) is 0 Å². The summed E-state index contributed by atoms with van der Waals surface area (Å²) in [7, 11) is 3.27. The van der Waals surface area contributed by atoms with Gasteiger partial charge in [0.1, 0.15) is 11.5 Å². The molecule has 0 amide bonds. The number of hydrogen-bond acceptors (Lipinski definition) is 3. The normalized spacial score (nSPS) is 10.2. The van der Waals surface area contributed by atoms with Gasteiger partial charge in [0.15, 0.2) is 0 Å². The molecule has 1 rings (SSSR count). The molecule has 16 heavy (non-hydrogen) atoms. The summed E-state index contributed by atoms with van der Waals surface area (Å²) < 4.78 is 10.6. The topological polar surface area (TPSA) is 44.5 Å². The van der Waals surface area contributed by atoms with Crippen molar-refractivity contribution >= 4 is 11.6 Å². The second kappa shape index (κ2) is 6.61. The van der Waals surface area contributed by atoms with E-state index in [9.17, 15) is 0 Å². The summed E-state index contributed by atoms with van der Waals surface area (Å²) in [6, 6.07) is 3.65. The molecule has 3 nitrogen and oxygen atoms in total. The van der Waals surface area contributed by atoms with Gasteiger partial charge < -0.3 is 15.2 Å². The lowest BCUT2D eigenvalue weighted by molar-refractivity contribution is 0.384. The molecule has 0 saturated carbocycles. The lowest BCUT2D eigenvalue weighted by Crippen LogP contribution is -2.01. The zero-order valence-corrected chi connectivity index (χ0v) is 10.5. The fraction of sp³-hybridized carbons (Fsp3) is 0.500. The Hall–Kier alpha value is -0.930. The SMILES string of the molecule is COc1ccc(Cl)c(OC)c1CCCCN. The van der Waals surface area contributed by atoms with Crippen molar-refractivity contribution in [2.75, 3.05) is 20.8 Å². The molecule has 0 spiro atoms. The third-order valence-electron chi connectivity index (χ3n) is 2.47. The third kappa shape index (κ3) is 3.03. The Morgan fingerprint density at radius 1 is 1.19 bits per heavy atom. The van der Waals surface area contributed by atoms with Gasteiger partial charge in [-0.25, -0.2) is 0 Å². The Morgan fingerprint density at radius 3 is 2.50 bits per heavy atom. The van der Waals surface area contributed by atoms with Gasteiger partial charge in [0.25, 0.3) is 0 Å². The lowest BCUT2D eigenvalue weighted by Gasteiger charge is -2.14. The summed E-state index contributed by atoms with van der Waals surface area (Å²) in [6.07, 6.45) is 2.85. The highest BCUT2D eigenvalue weighted by Gasteiger charge is 2.13. The van der Waals surface area contributed by atoms with Gasteiger partial charge in [-0.2, -0.15) is 0 Å². The predicted octanol–water partition coefficient (Wildman–Crippen LogP) is 2.64. The van der Waals surface area contributed by atoms with Gasteiger partial charge in [0.05, 0.1) is 19.2 Å². The first-order valence-electron chi connectivity index (χ1n) is 5.34. The van der Waals surface area contributed by atoms with Crippen molar-refractivity contribution in [2.45, 2.75) is 19.3 Å². The molecule has 0 radical (unpaired) electrons. The molecule has 1 aromatic carbocycles. The first kappa shape index (κ1) is 13.1. The van der Waals surface area contributed by atoms with Crippen molar-refractivity contribution < 1.29 is 9.47 Å². The van der Waals surface area contributed by atoms with E-state index >= 15 is 0 Å². The number of halogens is 1. The molecule has 4 heteroatoms. The van der Waals surface area contributed by atoms with Gasteiger partial charge in [-0.3, -0.25) is 0 Å². The van der Waals surface area contributed by atoms with Gasteiger partial charge in [0, 0.05) is 5.56 Å². The number of methoxy groups -OCH3 is 2. The molecule has 0 aromatic heterocycles. The van der Waals surface area contributed by atoms with Gasteiger partial charge >= 0.3 is 0 Å². The highest BCUT2D eigenvalue weighted by atomic mass is 35.5. The van der Waals surface area contributed by atoms with E-state index in [-0.39, 0.29) is 0 Å². The van der Waals surface area contributed by atoms with E-state index < -0.39 is 0 Å². The van der Waals surface area contributed by atoms with Crippen molar-refractivity contribution in [3.63, 3.8) is 0 Å². The minimum atomic E-state index is 0.617. The summed E-state index contributed by atoms with van der Waals surface area (Å²) in [5, 5.41) is 0.617. The number of ether oxygens (including phenoxy) is 2. The summed E-state index contributed by atoms with van der Waals surface area (Å²) in [5.74, 6) is 1.52. The second-order valence-corrected chi connectivity index (χ2v) is 3.91. The Labute approximate surface area is 101 Å². The predicted molar refractivity (Wildman–Crippen MR) is 66.5 cm³/mol. The van der Waals surface area contributed by atoms with Gasteiger partial charge in [-0.1, -0.05) is 11.6 Å². The van der Waals surface area contributed by atoms with Crippen LogP contribution in [0, 0.1) is 0 Å². The summed E-state index contributed by atoms with van der Waals surface area (Å²) >= 11 is 6.07. The van der Waals surface area contributed by atoms with Crippen molar-refractivity contribution in [3.05, 3.63) is 22.7 Å². The highest BCUT2D eigenvalue weighted by Crippen LogP contribution is 2.36. The van der Waals surface area contributed by atoms with Crippen molar-refractivity contribution in [2.24, 2.45) is 5.73 Å². The van der Waals surface area contributed by atoms with Crippen molar-refractivity contribution in [1.29, 1.82) is 0 Å². The molecule has 0 saturated heterocycles. The largest absolute Gasteiger partial charge is 0.496 e. The van der Waals surface area contributed by atoms with Gasteiger partial charge in [0.2, 0.25) is 0 Å². The molecular weight excluding hydrogens is 226 g/mol. The average Bonchev–Trinajstić information content (AvgIpc) is 2.30. The fourth-order valence-electron chi connectivity index (χ4n) is 1.68. The van der Waals surface area contributed by atoms with Crippen LogP contribution >= 0.6 is 11.6 Å². The second-order valence-electron chi connectivity index (χ2n) is 3.51. The van der Waals surface area contributed by atoms with Crippen LogP contribution in [-0.2, 0) is 6.42 Å². The number of hydrogen-bond donors (Lipinski definition) is 1.